The predicted octanol–water partition coefficient (Wildman–Crippen LogP) is 7.09. The van der Waals surface area contributed by atoms with Crippen LogP contribution in [0.3, 0.4) is 0 Å². The number of rotatable bonds is 8. The van der Waals surface area contributed by atoms with E-state index in [1.165, 1.54) is 0 Å². The molecule has 3 aliphatic rings. The predicted molar refractivity (Wildman–Crippen MR) is 153 cm³/mol. The van der Waals surface area contributed by atoms with Crippen molar-refractivity contribution >= 4 is 34.2 Å². The van der Waals surface area contributed by atoms with Crippen molar-refractivity contribution in [3.8, 4) is 11.5 Å². The number of nitrogens with zero attached hydrogens (tertiary/aromatic N) is 1. The van der Waals surface area contributed by atoms with Crippen molar-refractivity contribution in [3.63, 3.8) is 0 Å². The van der Waals surface area contributed by atoms with Crippen molar-refractivity contribution in [2.24, 2.45) is 0 Å². The Morgan fingerprint density at radius 2 is 1.54 bits per heavy atom. The Hall–Kier alpha value is -2.61. The number of allylic oxidation sites excluding steroid dienone is 4. The topological polar surface area (TPSA) is 55.8 Å². The molecule has 6 heteroatoms. The number of hydrogen-bond acceptors (Lipinski definition) is 5. The van der Waals surface area contributed by atoms with E-state index in [-0.39, 0.29) is 17.5 Å². The van der Waals surface area contributed by atoms with Gasteiger partial charge in [0.25, 0.3) is 0 Å². The minimum Gasteiger partial charge on any atom is -0.490 e. The lowest BCUT2D eigenvalue weighted by Gasteiger charge is -2.44. The summed E-state index contributed by atoms with van der Waals surface area (Å²) in [6.07, 6.45) is 5.57. The second-order valence-corrected chi connectivity index (χ2v) is 11.1. The van der Waals surface area contributed by atoms with Crippen molar-refractivity contribution < 1.29 is 19.1 Å². The highest BCUT2D eigenvalue weighted by molar-refractivity contribution is 14.1. The van der Waals surface area contributed by atoms with Crippen LogP contribution in [0.4, 0.5) is 0 Å². The molecule has 194 valence electrons. The van der Waals surface area contributed by atoms with E-state index in [2.05, 4.69) is 40.5 Å². The molecular weight excluding hydrogens is 577 g/mol. The van der Waals surface area contributed by atoms with E-state index in [0.29, 0.717) is 37.6 Å². The van der Waals surface area contributed by atoms with Crippen LogP contribution in [0.5, 0.6) is 11.5 Å². The van der Waals surface area contributed by atoms with Crippen molar-refractivity contribution in [1.82, 2.24) is 4.90 Å². The summed E-state index contributed by atoms with van der Waals surface area (Å²) in [5.74, 6) is 1.37. The average molecular weight is 612 g/mol. The lowest BCUT2D eigenvalue weighted by Crippen LogP contribution is -2.39. The maximum Gasteiger partial charge on any atom is 0.174 e. The van der Waals surface area contributed by atoms with Gasteiger partial charge in [0.05, 0.1) is 10.2 Å². The first-order valence-corrected chi connectivity index (χ1v) is 14.5. The molecule has 0 N–H and O–H groups in total. The Balaban J connectivity index is 1.62. The Morgan fingerprint density at radius 3 is 2.14 bits per heavy atom. The van der Waals surface area contributed by atoms with Gasteiger partial charge in [0.2, 0.25) is 0 Å². The van der Waals surface area contributed by atoms with Gasteiger partial charge in [-0.2, -0.15) is 0 Å². The van der Waals surface area contributed by atoms with Crippen LogP contribution in [0.1, 0.15) is 75.8 Å². The van der Waals surface area contributed by atoms with Gasteiger partial charge in [0.1, 0.15) is 6.61 Å². The number of hydrogen-bond donors (Lipinski definition) is 0. The molecule has 1 aliphatic heterocycles. The molecule has 0 aromatic heterocycles. The van der Waals surface area contributed by atoms with Gasteiger partial charge >= 0.3 is 0 Å². The summed E-state index contributed by atoms with van der Waals surface area (Å²) < 4.78 is 13.3. The van der Waals surface area contributed by atoms with Gasteiger partial charge in [-0.15, -0.1) is 0 Å². The Morgan fingerprint density at radius 1 is 0.892 bits per heavy atom. The molecule has 0 amide bonds. The number of Topliss-reactive ketones (excluding diaryl/α,β-unsaturated/α-hetero) is 2. The molecule has 0 atom stereocenters. The average Bonchev–Trinajstić information content (AvgIpc) is 2.89. The molecule has 2 aliphatic carbocycles. The van der Waals surface area contributed by atoms with E-state index in [4.69, 9.17) is 9.47 Å². The quantitative estimate of drug-likeness (QED) is 0.299. The maximum atomic E-state index is 13.5. The van der Waals surface area contributed by atoms with E-state index < -0.39 is 0 Å². The Labute approximate surface area is 233 Å². The summed E-state index contributed by atoms with van der Waals surface area (Å²) in [7, 11) is 0. The second kappa shape index (κ2) is 11.4. The van der Waals surface area contributed by atoms with Gasteiger partial charge in [0, 0.05) is 47.8 Å². The summed E-state index contributed by atoms with van der Waals surface area (Å²) in [6, 6.07) is 14.2. The fourth-order valence-electron chi connectivity index (χ4n) is 5.93. The lowest BCUT2D eigenvalue weighted by molar-refractivity contribution is -0.117. The van der Waals surface area contributed by atoms with Crippen molar-refractivity contribution in [3.05, 3.63) is 79.7 Å². The first-order valence-electron chi connectivity index (χ1n) is 13.5. The van der Waals surface area contributed by atoms with Crippen LogP contribution in [-0.4, -0.2) is 29.6 Å². The highest BCUT2D eigenvalue weighted by Gasteiger charge is 2.43. The molecule has 0 fully saturated rings. The molecule has 1 heterocycles. The third kappa shape index (κ3) is 5.09. The maximum absolute atomic E-state index is 13.5. The lowest BCUT2D eigenvalue weighted by atomic mass is 9.71. The molecule has 0 radical (unpaired) electrons. The molecule has 0 bridgehead atoms. The number of carbonyl (C=O) groups excluding carboxylic acids is 2. The molecule has 0 saturated carbocycles. The minimum atomic E-state index is -0.338. The van der Waals surface area contributed by atoms with Gasteiger partial charge < -0.3 is 14.4 Å². The molecule has 37 heavy (non-hydrogen) atoms. The fraction of sp³-hybridized carbons (Fsp3) is 0.419. The highest BCUT2D eigenvalue weighted by atomic mass is 127. The van der Waals surface area contributed by atoms with Crippen LogP contribution in [0.15, 0.2) is 65.0 Å². The minimum absolute atomic E-state index is 0.176. The third-order valence-electron chi connectivity index (χ3n) is 7.42. The molecule has 5 nitrogen and oxygen atoms in total. The molecule has 2 aromatic rings. The zero-order valence-corrected chi connectivity index (χ0v) is 23.8. The van der Waals surface area contributed by atoms with E-state index in [1.807, 2.05) is 43.3 Å². The van der Waals surface area contributed by atoms with Crippen LogP contribution in [0.2, 0.25) is 0 Å². The van der Waals surface area contributed by atoms with Crippen molar-refractivity contribution in [2.45, 2.75) is 71.3 Å². The molecule has 0 saturated heterocycles. The van der Waals surface area contributed by atoms with Crippen molar-refractivity contribution in [1.29, 1.82) is 0 Å². The van der Waals surface area contributed by atoms with Crippen LogP contribution < -0.4 is 9.47 Å². The van der Waals surface area contributed by atoms with E-state index in [1.54, 1.807) is 0 Å². The summed E-state index contributed by atoms with van der Waals surface area (Å²) in [4.78, 5) is 29.3. The summed E-state index contributed by atoms with van der Waals surface area (Å²) in [6.45, 7) is 5.90. The fourth-order valence-corrected chi connectivity index (χ4v) is 6.71. The summed E-state index contributed by atoms with van der Waals surface area (Å²) in [5, 5.41) is 0. The number of halogens is 1. The number of ether oxygens (including phenoxy) is 2. The van der Waals surface area contributed by atoms with Crippen LogP contribution >= 0.6 is 22.6 Å². The SMILES string of the molecule is CCCN1C2=C(C(=O)CCC2)C(c2cc(I)c(OCc3ccccc3)c(OCC)c2)C2=C1CCCC2=O. The van der Waals surface area contributed by atoms with Gasteiger partial charge in [0.15, 0.2) is 23.1 Å². The number of benzene rings is 2. The number of carbonyl (C=O) groups is 2. The van der Waals surface area contributed by atoms with E-state index in [9.17, 15) is 9.59 Å². The largest absolute Gasteiger partial charge is 0.490 e. The standard InChI is InChI=1S/C31H34INO4/c1-3-16-33-23-12-8-14-25(34)29(23)28(30-24(33)13-9-15-26(30)35)21-17-22(32)31(27(18-21)36-4-2)37-19-20-10-6-5-7-11-20/h5-7,10-11,17-18,28H,3-4,8-9,12-16,19H2,1-2H3. The zero-order chi connectivity index (χ0) is 25.9. The van der Waals surface area contributed by atoms with Crippen LogP contribution in [-0.2, 0) is 16.2 Å². The van der Waals surface area contributed by atoms with E-state index >= 15 is 0 Å². The molecular formula is C31H34INO4. The van der Waals surface area contributed by atoms with Crippen LogP contribution in [0.25, 0.3) is 0 Å². The summed E-state index contributed by atoms with van der Waals surface area (Å²) >= 11 is 2.30. The van der Waals surface area contributed by atoms with Gasteiger partial charge in [-0.3, -0.25) is 9.59 Å². The van der Waals surface area contributed by atoms with Crippen molar-refractivity contribution in [2.75, 3.05) is 13.2 Å². The van der Waals surface area contributed by atoms with E-state index in [0.717, 1.165) is 75.9 Å². The Bertz CT molecular complexity index is 1220. The molecule has 0 spiro atoms. The highest BCUT2D eigenvalue weighted by Crippen LogP contribution is 2.50. The normalized spacial score (nSPS) is 18.2. The molecule has 0 unspecified atom stereocenters. The first kappa shape index (κ1) is 26.0. The smallest absolute Gasteiger partial charge is 0.174 e. The molecule has 5 rings (SSSR count). The van der Waals surface area contributed by atoms with Gasteiger partial charge in [-0.25, -0.2) is 0 Å². The van der Waals surface area contributed by atoms with Crippen LogP contribution in [0, 0.1) is 3.57 Å². The molecule has 2 aromatic carbocycles. The Kier molecular flexibility index (Phi) is 8.03. The zero-order valence-electron chi connectivity index (χ0n) is 21.6. The number of ketones is 2. The van der Waals surface area contributed by atoms with Gasteiger partial charge in [-0.1, -0.05) is 37.3 Å². The monoisotopic (exact) mass is 611 g/mol. The summed E-state index contributed by atoms with van der Waals surface area (Å²) in [5.41, 5.74) is 5.94. The third-order valence-corrected chi connectivity index (χ3v) is 8.23. The second-order valence-electron chi connectivity index (χ2n) is 9.90. The van der Waals surface area contributed by atoms with Gasteiger partial charge in [-0.05, 0) is 84.9 Å². The first-order chi connectivity index (χ1) is 18.0.